The van der Waals surface area contributed by atoms with Crippen LogP contribution in [0.4, 0.5) is 5.95 Å². The standard InChI is InChI=1S/C11H20N4O/c1-3-15(8-9-16)7-6-13-11-12-5-4-10(2)14-11/h4-5,16H,3,6-9H2,1-2H3,(H,12,13,14). The first-order chi connectivity index (χ1) is 7.76. The van der Waals surface area contributed by atoms with Gasteiger partial charge < -0.3 is 10.4 Å². The Hall–Kier alpha value is -1.20. The fourth-order valence-corrected chi connectivity index (χ4v) is 1.43. The molecule has 0 amide bonds. The molecule has 0 spiro atoms. The Kier molecular flexibility index (Phi) is 5.74. The SMILES string of the molecule is CCN(CCO)CCNc1nccc(C)n1. The molecule has 5 heteroatoms. The molecule has 0 atom stereocenters. The van der Waals surface area contributed by atoms with E-state index in [0.717, 1.165) is 25.3 Å². The number of hydrogen-bond acceptors (Lipinski definition) is 5. The second kappa shape index (κ2) is 7.14. The zero-order valence-corrected chi connectivity index (χ0v) is 9.98. The lowest BCUT2D eigenvalue weighted by Crippen LogP contribution is -2.31. The van der Waals surface area contributed by atoms with Crippen LogP contribution in [0.1, 0.15) is 12.6 Å². The monoisotopic (exact) mass is 224 g/mol. The van der Waals surface area contributed by atoms with E-state index in [1.165, 1.54) is 0 Å². The van der Waals surface area contributed by atoms with Gasteiger partial charge in [0.2, 0.25) is 5.95 Å². The normalized spacial score (nSPS) is 10.8. The van der Waals surface area contributed by atoms with E-state index in [0.29, 0.717) is 12.5 Å². The van der Waals surface area contributed by atoms with E-state index in [4.69, 9.17) is 5.11 Å². The van der Waals surface area contributed by atoms with Crippen molar-refractivity contribution in [2.75, 3.05) is 38.1 Å². The minimum absolute atomic E-state index is 0.203. The Balaban J connectivity index is 2.29. The van der Waals surface area contributed by atoms with Crippen molar-refractivity contribution in [3.8, 4) is 0 Å². The van der Waals surface area contributed by atoms with E-state index in [9.17, 15) is 0 Å². The Morgan fingerprint density at radius 2 is 2.25 bits per heavy atom. The summed E-state index contributed by atoms with van der Waals surface area (Å²) < 4.78 is 0. The molecular weight excluding hydrogens is 204 g/mol. The van der Waals surface area contributed by atoms with E-state index in [1.54, 1.807) is 6.20 Å². The van der Waals surface area contributed by atoms with Crippen LogP contribution < -0.4 is 5.32 Å². The van der Waals surface area contributed by atoms with Gasteiger partial charge in [-0.15, -0.1) is 0 Å². The fourth-order valence-electron chi connectivity index (χ4n) is 1.43. The van der Waals surface area contributed by atoms with Gasteiger partial charge in [0.25, 0.3) is 0 Å². The Morgan fingerprint density at radius 1 is 1.44 bits per heavy atom. The van der Waals surface area contributed by atoms with Crippen molar-refractivity contribution in [1.82, 2.24) is 14.9 Å². The molecule has 1 heterocycles. The molecule has 16 heavy (non-hydrogen) atoms. The highest BCUT2D eigenvalue weighted by Crippen LogP contribution is 1.98. The van der Waals surface area contributed by atoms with Crippen molar-refractivity contribution in [1.29, 1.82) is 0 Å². The van der Waals surface area contributed by atoms with Gasteiger partial charge in [-0.1, -0.05) is 6.92 Å². The lowest BCUT2D eigenvalue weighted by atomic mass is 10.4. The quantitative estimate of drug-likeness (QED) is 0.706. The highest BCUT2D eigenvalue weighted by atomic mass is 16.3. The number of likely N-dealkylation sites (N-methyl/N-ethyl adjacent to an activating group) is 1. The first-order valence-electron chi connectivity index (χ1n) is 5.63. The molecule has 0 saturated carbocycles. The van der Waals surface area contributed by atoms with Crippen LogP contribution in [0.5, 0.6) is 0 Å². The van der Waals surface area contributed by atoms with Gasteiger partial charge in [0.1, 0.15) is 0 Å². The van der Waals surface area contributed by atoms with Gasteiger partial charge in [-0.3, -0.25) is 4.90 Å². The third kappa shape index (κ3) is 4.55. The summed E-state index contributed by atoms with van der Waals surface area (Å²) in [5, 5.41) is 12.0. The number of anilines is 1. The predicted octanol–water partition coefficient (Wildman–Crippen LogP) is 0.511. The van der Waals surface area contributed by atoms with Gasteiger partial charge in [-0.25, -0.2) is 9.97 Å². The summed E-state index contributed by atoms with van der Waals surface area (Å²) in [5.41, 5.74) is 0.959. The minimum Gasteiger partial charge on any atom is -0.395 e. The maximum Gasteiger partial charge on any atom is 0.222 e. The number of aliphatic hydroxyl groups excluding tert-OH is 1. The molecule has 2 N–H and O–H groups in total. The molecule has 1 aromatic rings. The van der Waals surface area contributed by atoms with Gasteiger partial charge >= 0.3 is 0 Å². The zero-order valence-electron chi connectivity index (χ0n) is 9.98. The minimum atomic E-state index is 0.203. The van der Waals surface area contributed by atoms with Gasteiger partial charge in [-0.05, 0) is 19.5 Å². The van der Waals surface area contributed by atoms with E-state index < -0.39 is 0 Å². The Labute approximate surface area is 96.5 Å². The molecule has 0 aromatic carbocycles. The number of aromatic nitrogens is 2. The average Bonchev–Trinajstić information content (AvgIpc) is 2.28. The maximum absolute atomic E-state index is 8.83. The van der Waals surface area contributed by atoms with E-state index in [1.807, 2.05) is 13.0 Å². The summed E-state index contributed by atoms with van der Waals surface area (Å²) in [6, 6.07) is 1.87. The van der Waals surface area contributed by atoms with E-state index in [2.05, 4.69) is 27.1 Å². The number of rotatable bonds is 7. The molecule has 0 fully saturated rings. The molecular formula is C11H20N4O. The van der Waals surface area contributed by atoms with Gasteiger partial charge in [0, 0.05) is 31.5 Å². The fraction of sp³-hybridized carbons (Fsp3) is 0.636. The van der Waals surface area contributed by atoms with Crippen molar-refractivity contribution in [3.63, 3.8) is 0 Å². The molecule has 0 aliphatic rings. The summed E-state index contributed by atoms with van der Waals surface area (Å²) in [4.78, 5) is 10.5. The van der Waals surface area contributed by atoms with E-state index >= 15 is 0 Å². The van der Waals surface area contributed by atoms with E-state index in [-0.39, 0.29) is 6.61 Å². The molecule has 0 bridgehead atoms. The highest BCUT2D eigenvalue weighted by Gasteiger charge is 2.01. The van der Waals surface area contributed by atoms with Crippen molar-refractivity contribution >= 4 is 5.95 Å². The van der Waals surface area contributed by atoms with Crippen molar-refractivity contribution in [2.45, 2.75) is 13.8 Å². The average molecular weight is 224 g/mol. The zero-order chi connectivity index (χ0) is 11.8. The maximum atomic E-state index is 8.83. The first kappa shape index (κ1) is 12.9. The van der Waals surface area contributed by atoms with Crippen LogP contribution in [0.25, 0.3) is 0 Å². The first-order valence-corrected chi connectivity index (χ1v) is 5.63. The van der Waals surface area contributed by atoms with Crippen LogP contribution in [-0.2, 0) is 0 Å². The Morgan fingerprint density at radius 3 is 2.88 bits per heavy atom. The predicted molar refractivity (Wildman–Crippen MR) is 64.5 cm³/mol. The molecule has 5 nitrogen and oxygen atoms in total. The lowest BCUT2D eigenvalue weighted by Gasteiger charge is -2.18. The second-order valence-electron chi connectivity index (χ2n) is 3.61. The third-order valence-corrected chi connectivity index (χ3v) is 2.37. The van der Waals surface area contributed by atoms with Crippen LogP contribution in [0.2, 0.25) is 0 Å². The van der Waals surface area contributed by atoms with Crippen LogP contribution in [0, 0.1) is 6.92 Å². The van der Waals surface area contributed by atoms with Crippen LogP contribution in [0.15, 0.2) is 12.3 Å². The van der Waals surface area contributed by atoms with Gasteiger partial charge in [-0.2, -0.15) is 0 Å². The molecule has 0 aliphatic heterocycles. The summed E-state index contributed by atoms with van der Waals surface area (Å²) in [6.45, 7) is 7.56. The van der Waals surface area contributed by atoms with Gasteiger partial charge in [0.15, 0.2) is 0 Å². The molecule has 1 aromatic heterocycles. The van der Waals surface area contributed by atoms with Crippen molar-refractivity contribution < 1.29 is 5.11 Å². The number of aliphatic hydroxyl groups is 1. The summed E-state index contributed by atoms with van der Waals surface area (Å²) in [5.74, 6) is 0.667. The second-order valence-corrected chi connectivity index (χ2v) is 3.61. The molecule has 0 saturated heterocycles. The number of hydrogen-bond donors (Lipinski definition) is 2. The summed E-state index contributed by atoms with van der Waals surface area (Å²) in [7, 11) is 0. The lowest BCUT2D eigenvalue weighted by molar-refractivity contribution is 0.206. The van der Waals surface area contributed by atoms with Crippen LogP contribution in [0.3, 0.4) is 0 Å². The molecule has 0 radical (unpaired) electrons. The largest absolute Gasteiger partial charge is 0.395 e. The van der Waals surface area contributed by atoms with Crippen molar-refractivity contribution in [2.24, 2.45) is 0 Å². The smallest absolute Gasteiger partial charge is 0.222 e. The molecule has 1 rings (SSSR count). The highest BCUT2D eigenvalue weighted by molar-refractivity contribution is 5.24. The molecule has 90 valence electrons. The number of nitrogens with zero attached hydrogens (tertiary/aromatic N) is 3. The summed E-state index contributed by atoms with van der Waals surface area (Å²) in [6.07, 6.45) is 1.75. The summed E-state index contributed by atoms with van der Waals surface area (Å²) >= 11 is 0. The van der Waals surface area contributed by atoms with Crippen molar-refractivity contribution in [3.05, 3.63) is 18.0 Å². The van der Waals surface area contributed by atoms with Crippen LogP contribution in [-0.4, -0.2) is 52.8 Å². The van der Waals surface area contributed by atoms with Gasteiger partial charge in [0.05, 0.1) is 6.61 Å². The molecule has 0 unspecified atom stereocenters. The number of aryl methyl sites for hydroxylation is 1. The number of nitrogens with one attached hydrogen (secondary N) is 1. The van der Waals surface area contributed by atoms with Crippen LogP contribution >= 0.6 is 0 Å². The Bertz CT molecular complexity index is 306. The topological polar surface area (TPSA) is 61.3 Å². The molecule has 0 aliphatic carbocycles. The third-order valence-electron chi connectivity index (χ3n) is 2.37.